The summed E-state index contributed by atoms with van der Waals surface area (Å²) in [6.45, 7) is 6.00. The Balaban J connectivity index is 1.45. The van der Waals surface area contributed by atoms with Crippen molar-refractivity contribution in [1.29, 1.82) is 0 Å². The molecule has 8 heteroatoms. The number of rotatable bonds is 6. The number of amides is 1. The second-order valence-electron chi connectivity index (χ2n) is 7.35. The quantitative estimate of drug-likeness (QED) is 0.247. The number of aromatic nitrogens is 1. The van der Waals surface area contributed by atoms with E-state index in [1.165, 1.54) is 11.3 Å². The van der Waals surface area contributed by atoms with Crippen LogP contribution in [0, 0.1) is 0 Å². The molecule has 0 radical (unpaired) electrons. The molecule has 0 saturated heterocycles. The van der Waals surface area contributed by atoms with Crippen LogP contribution in [0.25, 0.3) is 20.8 Å². The maximum atomic E-state index is 12.6. The number of anilines is 2. The van der Waals surface area contributed by atoms with Crippen molar-refractivity contribution >= 4 is 56.2 Å². The molecule has 1 amide bonds. The lowest BCUT2D eigenvalue weighted by Gasteiger charge is -2.21. The second kappa shape index (κ2) is 9.97. The molecular formula is C25H24N4O2S2. The number of aromatic hydroxyl groups is 1. The second-order valence-corrected chi connectivity index (χ2v) is 8.78. The molecule has 1 heterocycles. The number of phenols is 1. The first kappa shape index (κ1) is 22.7. The third kappa shape index (κ3) is 5.13. The van der Waals surface area contributed by atoms with Crippen molar-refractivity contribution < 1.29 is 9.90 Å². The van der Waals surface area contributed by atoms with Crippen molar-refractivity contribution in [1.82, 2.24) is 10.3 Å². The maximum Gasteiger partial charge on any atom is 0.257 e. The van der Waals surface area contributed by atoms with Crippen molar-refractivity contribution in [3.63, 3.8) is 0 Å². The number of para-hydroxylation sites is 1. The summed E-state index contributed by atoms with van der Waals surface area (Å²) < 4.78 is 1.04. The van der Waals surface area contributed by atoms with E-state index in [1.54, 1.807) is 30.3 Å². The van der Waals surface area contributed by atoms with Gasteiger partial charge in [-0.05, 0) is 80.7 Å². The Morgan fingerprint density at radius 3 is 2.48 bits per heavy atom. The van der Waals surface area contributed by atoms with E-state index in [4.69, 9.17) is 12.2 Å². The highest BCUT2D eigenvalue weighted by atomic mass is 32.1. The number of hydrogen-bond acceptors (Lipinski definition) is 6. The van der Waals surface area contributed by atoms with Crippen molar-refractivity contribution in [2.24, 2.45) is 0 Å². The Morgan fingerprint density at radius 1 is 1.06 bits per heavy atom. The van der Waals surface area contributed by atoms with Crippen LogP contribution in [0.5, 0.6) is 5.75 Å². The monoisotopic (exact) mass is 476 g/mol. The van der Waals surface area contributed by atoms with Gasteiger partial charge < -0.3 is 15.3 Å². The highest BCUT2D eigenvalue weighted by Crippen LogP contribution is 2.36. The number of phenolic OH excluding ortho intramolecular Hbond substituents is 1. The fourth-order valence-electron chi connectivity index (χ4n) is 3.52. The third-order valence-electron chi connectivity index (χ3n) is 5.26. The zero-order valence-corrected chi connectivity index (χ0v) is 20.0. The number of thiazole rings is 1. The number of thiocarbonyl (C=S) groups is 1. The van der Waals surface area contributed by atoms with Crippen LogP contribution in [-0.2, 0) is 0 Å². The van der Waals surface area contributed by atoms with Crippen LogP contribution < -0.4 is 15.5 Å². The van der Waals surface area contributed by atoms with Crippen molar-refractivity contribution in [3.8, 4) is 16.3 Å². The first-order valence-electron chi connectivity index (χ1n) is 10.6. The molecule has 1 aromatic heterocycles. The van der Waals surface area contributed by atoms with Gasteiger partial charge in [0, 0.05) is 30.0 Å². The van der Waals surface area contributed by atoms with E-state index in [2.05, 4.69) is 34.4 Å². The molecule has 0 fully saturated rings. The van der Waals surface area contributed by atoms with E-state index in [0.29, 0.717) is 21.8 Å². The molecule has 0 aliphatic rings. The van der Waals surface area contributed by atoms with E-state index >= 15 is 0 Å². The van der Waals surface area contributed by atoms with Crippen LogP contribution in [0.1, 0.15) is 24.2 Å². The summed E-state index contributed by atoms with van der Waals surface area (Å²) in [5.41, 5.74) is 3.72. The van der Waals surface area contributed by atoms with Crippen LogP contribution in [0.3, 0.4) is 0 Å². The summed E-state index contributed by atoms with van der Waals surface area (Å²) in [7, 11) is 0. The molecule has 3 N–H and O–H groups in total. The molecule has 0 bridgehead atoms. The summed E-state index contributed by atoms with van der Waals surface area (Å²) in [5.74, 6) is -0.161. The number of carbonyl (C=O) groups is 1. The van der Waals surface area contributed by atoms with Gasteiger partial charge in [-0.25, -0.2) is 4.98 Å². The topological polar surface area (TPSA) is 77.5 Å². The minimum absolute atomic E-state index is 0.128. The molecule has 0 atom stereocenters. The fraction of sp³-hybridized carbons (Fsp3) is 0.160. The van der Waals surface area contributed by atoms with Crippen LogP contribution in [0.15, 0.2) is 66.7 Å². The van der Waals surface area contributed by atoms with Gasteiger partial charge in [-0.1, -0.05) is 12.1 Å². The van der Waals surface area contributed by atoms with Crippen LogP contribution in [0.4, 0.5) is 11.4 Å². The van der Waals surface area contributed by atoms with Crippen molar-refractivity contribution in [2.75, 3.05) is 23.3 Å². The van der Waals surface area contributed by atoms with Gasteiger partial charge in [0.2, 0.25) is 0 Å². The molecule has 0 saturated carbocycles. The van der Waals surface area contributed by atoms with Crippen LogP contribution in [-0.4, -0.2) is 34.2 Å². The molecule has 4 rings (SSSR count). The predicted molar refractivity (Wildman–Crippen MR) is 140 cm³/mol. The lowest BCUT2D eigenvalue weighted by Crippen LogP contribution is -2.34. The molecule has 3 aromatic carbocycles. The van der Waals surface area contributed by atoms with Gasteiger partial charge in [-0.3, -0.25) is 10.1 Å². The highest BCUT2D eigenvalue weighted by Gasteiger charge is 2.13. The molecule has 168 valence electrons. The molecule has 0 spiro atoms. The van der Waals surface area contributed by atoms with E-state index in [-0.39, 0.29) is 16.8 Å². The summed E-state index contributed by atoms with van der Waals surface area (Å²) in [4.78, 5) is 19.4. The third-order valence-corrected chi connectivity index (χ3v) is 6.54. The van der Waals surface area contributed by atoms with Crippen molar-refractivity contribution in [3.05, 3.63) is 72.3 Å². The first-order chi connectivity index (χ1) is 16.0. The minimum atomic E-state index is -0.288. The Bertz CT molecular complexity index is 1260. The minimum Gasteiger partial charge on any atom is -0.507 e. The number of carbonyl (C=O) groups excluding carboxylic acids is 1. The Kier molecular flexibility index (Phi) is 6.86. The smallest absolute Gasteiger partial charge is 0.257 e. The number of nitrogens with one attached hydrogen (secondary N) is 2. The van der Waals surface area contributed by atoms with Gasteiger partial charge in [-0.15, -0.1) is 11.3 Å². The molecule has 33 heavy (non-hydrogen) atoms. The largest absolute Gasteiger partial charge is 0.507 e. The van der Waals surface area contributed by atoms with E-state index in [1.807, 2.05) is 36.4 Å². The predicted octanol–water partition coefficient (Wildman–Crippen LogP) is 5.64. The zero-order valence-electron chi connectivity index (χ0n) is 18.3. The van der Waals surface area contributed by atoms with Gasteiger partial charge in [0.1, 0.15) is 10.8 Å². The standard InChI is InChI=1S/C25H24N4O2S2/c1-3-29(4-2)18-12-9-16(10-13-18)23(31)28-25(32)26-17-11-14-21(30)19(15-17)24-27-20-7-5-6-8-22(20)33-24/h5-15,30H,3-4H2,1-2H3,(H2,26,28,31,32). The van der Waals surface area contributed by atoms with Gasteiger partial charge in [0.15, 0.2) is 5.11 Å². The van der Waals surface area contributed by atoms with E-state index < -0.39 is 0 Å². The van der Waals surface area contributed by atoms with Gasteiger partial charge in [-0.2, -0.15) is 0 Å². The van der Waals surface area contributed by atoms with Crippen LogP contribution in [0.2, 0.25) is 0 Å². The van der Waals surface area contributed by atoms with Crippen LogP contribution >= 0.6 is 23.6 Å². The lowest BCUT2D eigenvalue weighted by atomic mass is 10.1. The number of nitrogens with zero attached hydrogens (tertiary/aromatic N) is 2. The fourth-order valence-corrected chi connectivity index (χ4v) is 4.72. The summed E-state index contributed by atoms with van der Waals surface area (Å²) >= 11 is 6.84. The van der Waals surface area contributed by atoms with E-state index in [9.17, 15) is 9.90 Å². The Hall–Kier alpha value is -3.49. The lowest BCUT2D eigenvalue weighted by molar-refractivity contribution is 0.0977. The Morgan fingerprint density at radius 2 is 1.79 bits per heavy atom. The van der Waals surface area contributed by atoms with Crippen molar-refractivity contribution in [2.45, 2.75) is 13.8 Å². The molecule has 0 aliphatic heterocycles. The average molecular weight is 477 g/mol. The van der Waals surface area contributed by atoms with E-state index in [0.717, 1.165) is 29.0 Å². The van der Waals surface area contributed by atoms with Gasteiger partial charge in [0.25, 0.3) is 5.91 Å². The van der Waals surface area contributed by atoms with Gasteiger partial charge >= 0.3 is 0 Å². The Labute approximate surface area is 201 Å². The molecule has 4 aromatic rings. The molecule has 0 unspecified atom stereocenters. The molecular weight excluding hydrogens is 452 g/mol. The number of hydrogen-bond donors (Lipinski definition) is 3. The highest BCUT2D eigenvalue weighted by molar-refractivity contribution is 7.80. The summed E-state index contributed by atoms with van der Waals surface area (Å²) in [6.07, 6.45) is 0. The van der Waals surface area contributed by atoms with Gasteiger partial charge in [0.05, 0.1) is 15.8 Å². The molecule has 6 nitrogen and oxygen atoms in total. The first-order valence-corrected chi connectivity index (χ1v) is 11.9. The average Bonchev–Trinajstić information content (AvgIpc) is 3.25. The maximum absolute atomic E-state index is 12.6. The summed E-state index contributed by atoms with van der Waals surface area (Å²) in [6, 6.07) is 20.3. The SMILES string of the molecule is CCN(CC)c1ccc(C(=O)NC(=S)Nc2ccc(O)c(-c3nc4ccccc4s3)c2)cc1. The number of benzene rings is 3. The normalized spacial score (nSPS) is 10.7. The zero-order chi connectivity index (χ0) is 23.4. The molecule has 0 aliphatic carbocycles. The number of fused-ring (bicyclic) bond motifs is 1. The summed E-state index contributed by atoms with van der Waals surface area (Å²) in [5, 5.41) is 17.0.